The molecule has 8 heteroatoms. The number of nitrogens with two attached hydrogens (primary N) is 1. The molecule has 2 aliphatic rings. The summed E-state index contributed by atoms with van der Waals surface area (Å²) in [5, 5.41) is 2.83. The number of rotatable bonds is 5. The van der Waals surface area contributed by atoms with E-state index in [0.29, 0.717) is 50.9 Å². The number of benzene rings is 1. The molecule has 2 amide bonds. The fourth-order valence-electron chi connectivity index (χ4n) is 4.69. The van der Waals surface area contributed by atoms with Gasteiger partial charge in [0.2, 0.25) is 0 Å². The molecule has 0 unspecified atom stereocenters. The molecular weight excluding hydrogens is 395 g/mol. The lowest BCUT2D eigenvalue weighted by Crippen LogP contribution is -2.58. The third-order valence-corrected chi connectivity index (χ3v) is 6.30. The van der Waals surface area contributed by atoms with Gasteiger partial charge in [0.15, 0.2) is 0 Å². The Morgan fingerprint density at radius 2 is 1.90 bits per heavy atom. The van der Waals surface area contributed by atoms with Crippen LogP contribution in [0.3, 0.4) is 0 Å². The maximum atomic E-state index is 13.3. The standard InChI is InChI=1S/C22H32F3N3O2/c1-2-27-21(29)28-13-5-8-19(26)20(28)14-30-16-11-9-15(10-12-16)17-6-3-4-7-18(17)22(23,24)25/h3-4,6-7,15-16,19-20H,2,5,8-14,26H2,1H3,(H,27,29)/t15?,16?,19-,20-/m0/s1. The van der Waals surface area contributed by atoms with Gasteiger partial charge in [0.1, 0.15) is 0 Å². The van der Waals surface area contributed by atoms with Crippen LogP contribution in [0.2, 0.25) is 0 Å². The van der Waals surface area contributed by atoms with Gasteiger partial charge in [-0.3, -0.25) is 0 Å². The fourth-order valence-corrected chi connectivity index (χ4v) is 4.69. The average Bonchev–Trinajstić information content (AvgIpc) is 2.72. The maximum Gasteiger partial charge on any atom is 0.416 e. The first kappa shape index (κ1) is 22.9. The van der Waals surface area contributed by atoms with E-state index >= 15 is 0 Å². The number of carbonyl (C=O) groups is 1. The molecule has 3 rings (SSSR count). The van der Waals surface area contributed by atoms with Crippen LogP contribution in [0.25, 0.3) is 0 Å². The lowest BCUT2D eigenvalue weighted by atomic mass is 9.81. The lowest BCUT2D eigenvalue weighted by Gasteiger charge is -2.40. The van der Waals surface area contributed by atoms with Crippen molar-refractivity contribution in [3.05, 3.63) is 35.4 Å². The summed E-state index contributed by atoms with van der Waals surface area (Å²) < 4.78 is 46.1. The third kappa shape index (κ3) is 5.46. The van der Waals surface area contributed by atoms with Crippen molar-refractivity contribution >= 4 is 6.03 Å². The highest BCUT2D eigenvalue weighted by Crippen LogP contribution is 2.41. The van der Waals surface area contributed by atoms with Crippen molar-refractivity contribution in [3.63, 3.8) is 0 Å². The van der Waals surface area contributed by atoms with Gasteiger partial charge in [-0.25, -0.2) is 4.79 Å². The van der Waals surface area contributed by atoms with Crippen LogP contribution in [-0.2, 0) is 10.9 Å². The van der Waals surface area contributed by atoms with Crippen LogP contribution < -0.4 is 11.1 Å². The Labute approximate surface area is 176 Å². The number of likely N-dealkylation sites (tertiary alicyclic amines) is 1. The quantitative estimate of drug-likeness (QED) is 0.738. The highest BCUT2D eigenvalue weighted by atomic mass is 19.4. The molecule has 1 aromatic carbocycles. The van der Waals surface area contributed by atoms with Crippen LogP contribution in [0.4, 0.5) is 18.0 Å². The molecule has 0 radical (unpaired) electrons. The molecule has 30 heavy (non-hydrogen) atoms. The minimum Gasteiger partial charge on any atom is -0.376 e. The molecule has 3 N–H and O–H groups in total. The normalized spacial score (nSPS) is 27.7. The molecule has 168 valence electrons. The maximum absolute atomic E-state index is 13.3. The first-order valence-corrected chi connectivity index (χ1v) is 10.9. The number of piperidine rings is 1. The van der Waals surface area contributed by atoms with E-state index in [4.69, 9.17) is 10.5 Å². The topological polar surface area (TPSA) is 67.6 Å². The Hall–Kier alpha value is -1.80. The van der Waals surface area contributed by atoms with Crippen LogP contribution >= 0.6 is 0 Å². The number of urea groups is 1. The molecule has 1 aromatic rings. The zero-order valence-electron chi connectivity index (χ0n) is 17.5. The number of hydrogen-bond donors (Lipinski definition) is 2. The Balaban J connectivity index is 1.55. The van der Waals surface area contributed by atoms with Gasteiger partial charge in [-0.2, -0.15) is 13.2 Å². The molecule has 0 spiro atoms. The zero-order valence-corrected chi connectivity index (χ0v) is 17.5. The predicted octanol–water partition coefficient (Wildman–Crippen LogP) is 4.27. The van der Waals surface area contributed by atoms with Gasteiger partial charge in [-0.1, -0.05) is 18.2 Å². The van der Waals surface area contributed by atoms with E-state index in [0.717, 1.165) is 12.8 Å². The molecular formula is C22H32F3N3O2. The Bertz CT molecular complexity index is 705. The largest absolute Gasteiger partial charge is 0.416 e. The number of halogens is 3. The summed E-state index contributed by atoms with van der Waals surface area (Å²) in [6.07, 6.45) is 0.125. The van der Waals surface area contributed by atoms with Crippen molar-refractivity contribution in [3.8, 4) is 0 Å². The number of carbonyl (C=O) groups excluding carboxylic acids is 1. The monoisotopic (exact) mass is 427 g/mol. The number of amides is 2. The zero-order chi connectivity index (χ0) is 21.7. The Kier molecular flexibility index (Phi) is 7.63. The molecule has 2 atom stereocenters. The summed E-state index contributed by atoms with van der Waals surface area (Å²) in [7, 11) is 0. The van der Waals surface area contributed by atoms with E-state index in [1.54, 1.807) is 17.0 Å². The summed E-state index contributed by atoms with van der Waals surface area (Å²) in [5.74, 6) is -0.105. The van der Waals surface area contributed by atoms with Crippen LogP contribution in [0.5, 0.6) is 0 Å². The second-order valence-corrected chi connectivity index (χ2v) is 8.29. The first-order chi connectivity index (χ1) is 14.3. The van der Waals surface area contributed by atoms with Crippen molar-refractivity contribution in [1.82, 2.24) is 10.2 Å². The fraction of sp³-hybridized carbons (Fsp3) is 0.682. The molecule has 1 heterocycles. The van der Waals surface area contributed by atoms with Crippen molar-refractivity contribution in [2.45, 2.75) is 75.7 Å². The summed E-state index contributed by atoms with van der Waals surface area (Å²) in [4.78, 5) is 14.1. The smallest absolute Gasteiger partial charge is 0.376 e. The van der Waals surface area contributed by atoms with E-state index in [2.05, 4.69) is 5.32 Å². The second kappa shape index (κ2) is 10.0. The highest BCUT2D eigenvalue weighted by Gasteiger charge is 2.37. The third-order valence-electron chi connectivity index (χ3n) is 6.30. The molecule has 1 aliphatic carbocycles. The van der Waals surface area contributed by atoms with Gasteiger partial charge >= 0.3 is 12.2 Å². The van der Waals surface area contributed by atoms with Crippen molar-refractivity contribution < 1.29 is 22.7 Å². The average molecular weight is 428 g/mol. The molecule has 1 saturated heterocycles. The van der Waals surface area contributed by atoms with E-state index in [1.165, 1.54) is 12.1 Å². The van der Waals surface area contributed by atoms with Gasteiger partial charge in [0, 0.05) is 19.1 Å². The van der Waals surface area contributed by atoms with Gasteiger partial charge in [-0.05, 0) is 63.0 Å². The molecule has 2 fully saturated rings. The molecule has 0 aromatic heterocycles. The number of alkyl halides is 3. The number of hydrogen-bond acceptors (Lipinski definition) is 3. The van der Waals surface area contributed by atoms with Crippen LogP contribution in [0.15, 0.2) is 24.3 Å². The minimum absolute atomic E-state index is 0.00971. The highest BCUT2D eigenvalue weighted by molar-refractivity contribution is 5.74. The van der Waals surface area contributed by atoms with Crippen molar-refractivity contribution in [2.24, 2.45) is 5.73 Å². The molecule has 5 nitrogen and oxygen atoms in total. The van der Waals surface area contributed by atoms with Gasteiger partial charge in [-0.15, -0.1) is 0 Å². The summed E-state index contributed by atoms with van der Waals surface area (Å²) in [6.45, 7) is 3.46. The minimum atomic E-state index is -4.33. The van der Waals surface area contributed by atoms with Crippen LogP contribution in [0.1, 0.15) is 62.5 Å². The predicted molar refractivity (Wildman–Crippen MR) is 109 cm³/mol. The summed E-state index contributed by atoms with van der Waals surface area (Å²) in [5.41, 5.74) is 6.13. The number of nitrogens with one attached hydrogen (secondary N) is 1. The molecule has 0 bridgehead atoms. The molecule has 1 saturated carbocycles. The van der Waals surface area contributed by atoms with Gasteiger partial charge in [0.25, 0.3) is 0 Å². The lowest BCUT2D eigenvalue weighted by molar-refractivity contribution is -0.138. The van der Waals surface area contributed by atoms with E-state index in [1.807, 2.05) is 6.92 Å². The van der Waals surface area contributed by atoms with E-state index in [-0.39, 0.29) is 30.1 Å². The van der Waals surface area contributed by atoms with Crippen molar-refractivity contribution in [1.29, 1.82) is 0 Å². The number of ether oxygens (including phenoxy) is 1. The van der Waals surface area contributed by atoms with E-state index < -0.39 is 11.7 Å². The van der Waals surface area contributed by atoms with Crippen molar-refractivity contribution in [2.75, 3.05) is 19.7 Å². The van der Waals surface area contributed by atoms with Crippen LogP contribution in [-0.4, -0.2) is 48.8 Å². The Morgan fingerprint density at radius 3 is 2.57 bits per heavy atom. The molecule has 1 aliphatic heterocycles. The first-order valence-electron chi connectivity index (χ1n) is 10.9. The van der Waals surface area contributed by atoms with Gasteiger partial charge < -0.3 is 20.7 Å². The van der Waals surface area contributed by atoms with Crippen LogP contribution in [0, 0.1) is 0 Å². The summed E-state index contributed by atoms with van der Waals surface area (Å²) in [6, 6.07) is 5.46. The SMILES string of the molecule is CCNC(=O)N1CCC[C@H](N)[C@@H]1COC1CCC(c2ccccc2C(F)(F)F)CC1. The van der Waals surface area contributed by atoms with Gasteiger partial charge in [0.05, 0.1) is 24.3 Å². The Morgan fingerprint density at radius 1 is 1.20 bits per heavy atom. The summed E-state index contributed by atoms with van der Waals surface area (Å²) >= 11 is 0. The second-order valence-electron chi connectivity index (χ2n) is 8.29. The van der Waals surface area contributed by atoms with E-state index in [9.17, 15) is 18.0 Å². The number of nitrogens with zero attached hydrogens (tertiary/aromatic N) is 1.